The van der Waals surface area contributed by atoms with Crippen LogP contribution in [0, 0.1) is 0 Å². The Morgan fingerprint density at radius 3 is 2.54 bits per heavy atom. The second-order valence-corrected chi connectivity index (χ2v) is 6.85. The van der Waals surface area contributed by atoms with Gasteiger partial charge in [-0.1, -0.05) is 65.7 Å². The van der Waals surface area contributed by atoms with E-state index in [1.807, 2.05) is 12.1 Å². The molecule has 0 atom stereocenters. The molecular weight excluding hydrogens is 399 g/mol. The molecule has 0 fully saturated rings. The molecule has 0 spiro atoms. The normalized spacial score (nSPS) is 11.8. The molecule has 0 unspecified atom stereocenters. The molecular formula is C22H20Cl2O4. The molecule has 2 aromatic rings. The third kappa shape index (κ3) is 5.32. The van der Waals surface area contributed by atoms with Gasteiger partial charge in [0.15, 0.2) is 0 Å². The number of ketones is 1. The average molecular weight is 419 g/mol. The molecule has 28 heavy (non-hydrogen) atoms. The van der Waals surface area contributed by atoms with Crippen molar-refractivity contribution in [3.63, 3.8) is 0 Å². The van der Waals surface area contributed by atoms with Crippen LogP contribution in [0.15, 0.2) is 54.1 Å². The molecule has 0 amide bonds. The van der Waals surface area contributed by atoms with E-state index >= 15 is 0 Å². The van der Waals surface area contributed by atoms with Gasteiger partial charge < -0.3 is 10.2 Å². The maximum atomic E-state index is 12.8. The molecule has 0 aliphatic carbocycles. The fourth-order valence-electron chi connectivity index (χ4n) is 2.74. The van der Waals surface area contributed by atoms with Gasteiger partial charge in [-0.15, -0.1) is 0 Å². The minimum Gasteiger partial charge on any atom is -0.478 e. The van der Waals surface area contributed by atoms with E-state index in [1.54, 1.807) is 36.4 Å². The lowest BCUT2D eigenvalue weighted by atomic mass is 9.93. The standard InChI is InChI=1S/C22H20Cl2O4/c1-2-17(22(27)28)21(26)18-13-14(9-10-15(18)6-3-4-11-25)12-16-7-5-8-19(23)20(16)24/h2-3,5-10,13,25H,4,11-12H2,1H3,(H,27,28)/b6-3?,17-2+. The maximum Gasteiger partial charge on any atom is 0.339 e. The number of aliphatic hydroxyl groups is 1. The van der Waals surface area contributed by atoms with Gasteiger partial charge in [-0.2, -0.15) is 0 Å². The number of rotatable bonds is 8. The summed E-state index contributed by atoms with van der Waals surface area (Å²) in [6.07, 6.45) is 5.60. The van der Waals surface area contributed by atoms with Gasteiger partial charge in [0.2, 0.25) is 5.78 Å². The zero-order valence-corrected chi connectivity index (χ0v) is 16.8. The first kappa shape index (κ1) is 21.9. The molecule has 2 N–H and O–H groups in total. The predicted octanol–water partition coefficient (Wildman–Crippen LogP) is 5.19. The third-order valence-corrected chi connectivity index (χ3v) is 5.00. The zero-order chi connectivity index (χ0) is 20.7. The Labute approximate surface area is 173 Å². The van der Waals surface area contributed by atoms with E-state index in [4.69, 9.17) is 28.3 Å². The molecule has 0 radical (unpaired) electrons. The quantitative estimate of drug-likeness (QED) is 0.267. The van der Waals surface area contributed by atoms with Crippen LogP contribution in [0.4, 0.5) is 0 Å². The SMILES string of the molecule is C/C=C(/C(=O)O)C(=O)c1cc(Cc2cccc(Cl)c2Cl)ccc1C=CCCO. The van der Waals surface area contributed by atoms with Gasteiger partial charge in [0.25, 0.3) is 0 Å². The molecule has 0 heterocycles. The molecule has 6 heteroatoms. The monoisotopic (exact) mass is 418 g/mol. The number of aliphatic hydroxyl groups excluding tert-OH is 1. The van der Waals surface area contributed by atoms with Gasteiger partial charge in [0.1, 0.15) is 5.57 Å². The Hall–Kier alpha value is -2.40. The van der Waals surface area contributed by atoms with Crippen LogP contribution in [-0.4, -0.2) is 28.6 Å². The fourth-order valence-corrected chi connectivity index (χ4v) is 3.13. The van der Waals surface area contributed by atoms with E-state index in [0.29, 0.717) is 28.5 Å². The van der Waals surface area contributed by atoms with Crippen molar-refractivity contribution in [2.45, 2.75) is 19.8 Å². The van der Waals surface area contributed by atoms with E-state index < -0.39 is 11.8 Å². The summed E-state index contributed by atoms with van der Waals surface area (Å²) in [4.78, 5) is 24.2. The molecule has 2 rings (SSSR count). The summed E-state index contributed by atoms with van der Waals surface area (Å²) in [6, 6.07) is 10.6. The van der Waals surface area contributed by atoms with Gasteiger partial charge in [0, 0.05) is 12.2 Å². The molecule has 0 aromatic heterocycles. The highest BCUT2D eigenvalue weighted by molar-refractivity contribution is 6.42. The Balaban J connectivity index is 2.49. The summed E-state index contributed by atoms with van der Waals surface area (Å²) < 4.78 is 0. The number of carboxylic acid groups (broad SMARTS) is 1. The Kier molecular flexibility index (Phi) is 8.00. The topological polar surface area (TPSA) is 74.6 Å². The molecule has 0 bridgehead atoms. The molecule has 0 saturated heterocycles. The minimum absolute atomic E-state index is 0.0135. The zero-order valence-electron chi connectivity index (χ0n) is 15.3. The number of benzene rings is 2. The lowest BCUT2D eigenvalue weighted by Crippen LogP contribution is -2.14. The minimum atomic E-state index is -1.28. The number of carboxylic acids is 1. The molecule has 0 aliphatic rings. The summed E-state index contributed by atoms with van der Waals surface area (Å²) in [5, 5.41) is 19.2. The second kappa shape index (κ2) is 10.2. The van der Waals surface area contributed by atoms with Gasteiger partial charge >= 0.3 is 5.97 Å². The van der Waals surface area contributed by atoms with Crippen molar-refractivity contribution in [1.82, 2.24) is 0 Å². The van der Waals surface area contributed by atoms with Crippen LogP contribution in [0.5, 0.6) is 0 Å². The average Bonchev–Trinajstić information content (AvgIpc) is 2.66. The number of carbonyl (C=O) groups excluding carboxylic acids is 1. The summed E-state index contributed by atoms with van der Waals surface area (Å²) >= 11 is 12.3. The first-order valence-corrected chi connectivity index (χ1v) is 9.42. The molecule has 0 saturated carbocycles. The van der Waals surface area contributed by atoms with Crippen molar-refractivity contribution in [3.05, 3.63) is 86.4 Å². The molecule has 146 valence electrons. The molecule has 0 aliphatic heterocycles. The van der Waals surface area contributed by atoms with Gasteiger partial charge in [-0.05, 0) is 48.6 Å². The number of hydrogen-bond acceptors (Lipinski definition) is 3. The van der Waals surface area contributed by atoms with Crippen LogP contribution in [0.1, 0.15) is 40.4 Å². The highest BCUT2D eigenvalue weighted by atomic mass is 35.5. The lowest BCUT2D eigenvalue weighted by molar-refractivity contribution is -0.132. The first-order valence-electron chi connectivity index (χ1n) is 8.66. The van der Waals surface area contributed by atoms with Gasteiger partial charge in [-0.3, -0.25) is 4.79 Å². The number of Topliss-reactive ketones (excluding diaryl/α,β-unsaturated/α-hetero) is 1. The largest absolute Gasteiger partial charge is 0.478 e. The summed E-state index contributed by atoms with van der Waals surface area (Å²) in [6.45, 7) is 1.50. The van der Waals surface area contributed by atoms with Crippen molar-refractivity contribution in [2.24, 2.45) is 0 Å². The Morgan fingerprint density at radius 1 is 1.14 bits per heavy atom. The van der Waals surface area contributed by atoms with Crippen LogP contribution in [0.25, 0.3) is 6.08 Å². The van der Waals surface area contributed by atoms with Gasteiger partial charge in [0.05, 0.1) is 10.0 Å². The maximum absolute atomic E-state index is 12.8. The second-order valence-electron chi connectivity index (χ2n) is 6.06. The van der Waals surface area contributed by atoms with Crippen molar-refractivity contribution >= 4 is 41.0 Å². The summed E-state index contributed by atoms with van der Waals surface area (Å²) in [5.74, 6) is -1.85. The van der Waals surface area contributed by atoms with Crippen LogP contribution < -0.4 is 0 Å². The number of carbonyl (C=O) groups is 2. The predicted molar refractivity (Wildman–Crippen MR) is 112 cm³/mol. The van der Waals surface area contributed by atoms with E-state index in [9.17, 15) is 14.7 Å². The van der Waals surface area contributed by atoms with Crippen LogP contribution in [0.3, 0.4) is 0 Å². The number of aliphatic carboxylic acids is 1. The summed E-state index contributed by atoms with van der Waals surface area (Å²) in [5.41, 5.74) is 2.17. The Morgan fingerprint density at radius 2 is 1.89 bits per heavy atom. The molecule has 4 nitrogen and oxygen atoms in total. The summed E-state index contributed by atoms with van der Waals surface area (Å²) in [7, 11) is 0. The van der Waals surface area contributed by atoms with E-state index in [2.05, 4.69) is 0 Å². The Bertz CT molecular complexity index is 946. The number of allylic oxidation sites excluding steroid dienone is 1. The number of hydrogen-bond donors (Lipinski definition) is 2. The lowest BCUT2D eigenvalue weighted by Gasteiger charge is -2.11. The van der Waals surface area contributed by atoms with E-state index in [0.717, 1.165) is 11.1 Å². The number of halogens is 2. The van der Waals surface area contributed by atoms with E-state index in [-0.39, 0.29) is 17.7 Å². The molecule has 2 aromatic carbocycles. The smallest absolute Gasteiger partial charge is 0.339 e. The highest BCUT2D eigenvalue weighted by Crippen LogP contribution is 2.28. The third-order valence-electron chi connectivity index (χ3n) is 4.15. The van der Waals surface area contributed by atoms with Crippen LogP contribution >= 0.6 is 23.2 Å². The fraction of sp³-hybridized carbons (Fsp3) is 0.182. The van der Waals surface area contributed by atoms with E-state index in [1.165, 1.54) is 13.0 Å². The van der Waals surface area contributed by atoms with Crippen molar-refractivity contribution in [2.75, 3.05) is 6.61 Å². The van der Waals surface area contributed by atoms with Crippen molar-refractivity contribution in [3.8, 4) is 0 Å². The van der Waals surface area contributed by atoms with Crippen molar-refractivity contribution < 1.29 is 19.8 Å². The van der Waals surface area contributed by atoms with Gasteiger partial charge in [-0.25, -0.2) is 4.79 Å². The van der Waals surface area contributed by atoms with Crippen molar-refractivity contribution in [1.29, 1.82) is 0 Å². The highest BCUT2D eigenvalue weighted by Gasteiger charge is 2.21. The first-order chi connectivity index (χ1) is 13.4. The van der Waals surface area contributed by atoms with Crippen LogP contribution in [-0.2, 0) is 11.2 Å². The van der Waals surface area contributed by atoms with Crippen LogP contribution in [0.2, 0.25) is 10.0 Å².